The number of nitrogens with zero attached hydrogens (tertiary/aromatic N) is 2. The Balaban J connectivity index is 1.24. The predicted molar refractivity (Wildman–Crippen MR) is 123 cm³/mol. The van der Waals surface area contributed by atoms with E-state index in [0.717, 1.165) is 53.9 Å². The normalized spacial score (nSPS) is 23.0. The Kier molecular flexibility index (Phi) is 5.88. The number of halogens is 1. The van der Waals surface area contributed by atoms with Crippen LogP contribution in [0.3, 0.4) is 0 Å². The first kappa shape index (κ1) is 19.8. The Bertz CT molecular complexity index is 988. The fourth-order valence-corrected chi connectivity index (χ4v) is 5.07. The van der Waals surface area contributed by atoms with Gasteiger partial charge in [-0.2, -0.15) is 0 Å². The molecule has 0 radical (unpaired) electrons. The molecule has 1 aliphatic heterocycles. The quantitative estimate of drug-likeness (QED) is 0.458. The molecule has 7 heteroatoms. The molecule has 4 heterocycles. The SMILES string of the molecule is Clc1cc(-c2c[nH]c3ncccc23)cc(NC2CCC(NC3CCNCC3)CC2)n1. The summed E-state index contributed by atoms with van der Waals surface area (Å²) in [5.41, 5.74) is 3.04. The van der Waals surface area contributed by atoms with Crippen LogP contribution in [-0.2, 0) is 0 Å². The fraction of sp³-hybridized carbons (Fsp3) is 0.478. The van der Waals surface area contributed by atoms with Gasteiger partial charge in [-0.15, -0.1) is 0 Å². The number of hydrogen-bond donors (Lipinski definition) is 4. The zero-order valence-electron chi connectivity index (χ0n) is 17.1. The molecule has 5 rings (SSSR count). The monoisotopic (exact) mass is 424 g/mol. The van der Waals surface area contributed by atoms with E-state index in [0.29, 0.717) is 23.3 Å². The minimum atomic E-state index is 0.444. The highest BCUT2D eigenvalue weighted by molar-refractivity contribution is 6.29. The Morgan fingerprint density at radius 1 is 0.967 bits per heavy atom. The van der Waals surface area contributed by atoms with Crippen molar-refractivity contribution in [2.75, 3.05) is 18.4 Å². The topological polar surface area (TPSA) is 77.7 Å². The van der Waals surface area contributed by atoms with Gasteiger partial charge in [0.1, 0.15) is 16.6 Å². The summed E-state index contributed by atoms with van der Waals surface area (Å²) >= 11 is 6.38. The highest BCUT2D eigenvalue weighted by Gasteiger charge is 2.24. The van der Waals surface area contributed by atoms with Crippen molar-refractivity contribution in [3.63, 3.8) is 0 Å². The molecule has 0 spiro atoms. The Morgan fingerprint density at radius 3 is 2.57 bits per heavy atom. The Morgan fingerprint density at radius 2 is 1.73 bits per heavy atom. The third-order valence-electron chi connectivity index (χ3n) is 6.45. The lowest BCUT2D eigenvalue weighted by Gasteiger charge is -2.34. The molecule has 2 fully saturated rings. The van der Waals surface area contributed by atoms with Crippen LogP contribution in [0.15, 0.2) is 36.7 Å². The number of hydrogen-bond acceptors (Lipinski definition) is 5. The molecular weight excluding hydrogens is 396 g/mol. The van der Waals surface area contributed by atoms with Gasteiger partial charge >= 0.3 is 0 Å². The van der Waals surface area contributed by atoms with Gasteiger partial charge < -0.3 is 20.9 Å². The van der Waals surface area contributed by atoms with Gasteiger partial charge in [0.15, 0.2) is 0 Å². The molecule has 158 valence electrons. The lowest BCUT2D eigenvalue weighted by atomic mass is 9.90. The second-order valence-electron chi connectivity index (χ2n) is 8.55. The summed E-state index contributed by atoms with van der Waals surface area (Å²) in [6.07, 6.45) is 11.0. The highest BCUT2D eigenvalue weighted by Crippen LogP contribution is 2.31. The van der Waals surface area contributed by atoms with Gasteiger partial charge in [-0.05, 0) is 81.4 Å². The van der Waals surface area contributed by atoms with Crippen LogP contribution in [0, 0.1) is 0 Å². The average molecular weight is 425 g/mol. The van der Waals surface area contributed by atoms with Gasteiger partial charge in [-0.3, -0.25) is 0 Å². The molecule has 30 heavy (non-hydrogen) atoms. The predicted octanol–water partition coefficient (Wildman–Crippen LogP) is 4.34. The molecule has 1 saturated carbocycles. The molecule has 1 aliphatic carbocycles. The number of rotatable bonds is 5. The van der Waals surface area contributed by atoms with Gasteiger partial charge in [0, 0.05) is 41.5 Å². The van der Waals surface area contributed by atoms with Gasteiger partial charge in [-0.1, -0.05) is 11.6 Å². The summed E-state index contributed by atoms with van der Waals surface area (Å²) in [6.45, 7) is 2.29. The molecule has 4 N–H and O–H groups in total. The van der Waals surface area contributed by atoms with Crippen LogP contribution in [0.4, 0.5) is 5.82 Å². The molecule has 3 aromatic heterocycles. The first-order valence-electron chi connectivity index (χ1n) is 11.1. The van der Waals surface area contributed by atoms with Crippen LogP contribution in [0.1, 0.15) is 38.5 Å². The standard InChI is InChI=1S/C23H29ClN6/c24-21-12-15(20-14-27-23-19(20)2-1-9-26-23)13-22(30-21)29-17-5-3-16(4-6-17)28-18-7-10-25-11-8-18/h1-2,9,12-14,16-18,25,28H,3-8,10-11H2,(H,26,27)(H,29,30). The maximum absolute atomic E-state index is 6.38. The van der Waals surface area contributed by atoms with E-state index < -0.39 is 0 Å². The summed E-state index contributed by atoms with van der Waals surface area (Å²) in [7, 11) is 0. The van der Waals surface area contributed by atoms with Crippen LogP contribution in [0.5, 0.6) is 0 Å². The first-order valence-corrected chi connectivity index (χ1v) is 11.5. The number of nitrogens with one attached hydrogen (secondary N) is 4. The minimum absolute atomic E-state index is 0.444. The van der Waals surface area contributed by atoms with Gasteiger partial charge in [0.25, 0.3) is 0 Å². The van der Waals surface area contributed by atoms with Crippen molar-refractivity contribution in [3.8, 4) is 11.1 Å². The van der Waals surface area contributed by atoms with E-state index in [-0.39, 0.29) is 0 Å². The van der Waals surface area contributed by atoms with Crippen molar-refractivity contribution in [2.24, 2.45) is 0 Å². The maximum Gasteiger partial charge on any atom is 0.137 e. The second kappa shape index (κ2) is 8.92. The number of piperidine rings is 1. The van der Waals surface area contributed by atoms with Crippen LogP contribution < -0.4 is 16.0 Å². The lowest BCUT2D eigenvalue weighted by molar-refractivity contribution is 0.289. The van der Waals surface area contributed by atoms with E-state index in [1.54, 1.807) is 6.20 Å². The molecule has 6 nitrogen and oxygen atoms in total. The van der Waals surface area contributed by atoms with Crippen molar-refractivity contribution in [2.45, 2.75) is 56.7 Å². The highest BCUT2D eigenvalue weighted by atomic mass is 35.5. The summed E-state index contributed by atoms with van der Waals surface area (Å²) in [4.78, 5) is 12.2. The number of aromatic nitrogens is 3. The number of fused-ring (bicyclic) bond motifs is 1. The molecule has 3 aromatic rings. The van der Waals surface area contributed by atoms with Crippen molar-refractivity contribution < 1.29 is 0 Å². The van der Waals surface area contributed by atoms with E-state index in [9.17, 15) is 0 Å². The first-order chi connectivity index (χ1) is 14.7. The molecule has 2 aliphatic rings. The molecule has 1 saturated heterocycles. The fourth-order valence-electron chi connectivity index (χ4n) is 4.86. The lowest BCUT2D eigenvalue weighted by Crippen LogP contribution is -2.46. The van der Waals surface area contributed by atoms with E-state index >= 15 is 0 Å². The summed E-state index contributed by atoms with van der Waals surface area (Å²) in [6, 6.07) is 9.82. The zero-order chi connectivity index (χ0) is 20.3. The third-order valence-corrected chi connectivity index (χ3v) is 6.64. The number of pyridine rings is 2. The molecular formula is C23H29ClN6. The smallest absolute Gasteiger partial charge is 0.137 e. The molecule has 0 unspecified atom stereocenters. The Hall–Kier alpha value is -2.15. The average Bonchev–Trinajstić information content (AvgIpc) is 3.20. The third kappa shape index (κ3) is 4.46. The Labute approximate surface area is 182 Å². The summed E-state index contributed by atoms with van der Waals surface area (Å²) in [5.74, 6) is 0.852. The maximum atomic E-state index is 6.38. The molecule has 0 aromatic carbocycles. The van der Waals surface area contributed by atoms with Gasteiger partial charge in [0.05, 0.1) is 0 Å². The van der Waals surface area contributed by atoms with E-state index in [4.69, 9.17) is 11.6 Å². The van der Waals surface area contributed by atoms with Crippen LogP contribution in [-0.4, -0.2) is 46.2 Å². The largest absolute Gasteiger partial charge is 0.367 e. The van der Waals surface area contributed by atoms with Gasteiger partial charge in [-0.25, -0.2) is 9.97 Å². The summed E-state index contributed by atoms with van der Waals surface area (Å²) in [5, 5.41) is 12.6. The van der Waals surface area contributed by atoms with Crippen molar-refractivity contribution in [1.82, 2.24) is 25.6 Å². The van der Waals surface area contributed by atoms with Crippen LogP contribution >= 0.6 is 11.6 Å². The van der Waals surface area contributed by atoms with E-state index in [1.165, 1.54) is 25.7 Å². The van der Waals surface area contributed by atoms with Crippen molar-refractivity contribution >= 4 is 28.5 Å². The van der Waals surface area contributed by atoms with Crippen LogP contribution in [0.25, 0.3) is 22.2 Å². The van der Waals surface area contributed by atoms with Crippen LogP contribution in [0.2, 0.25) is 5.15 Å². The number of H-pyrrole nitrogens is 1. The molecule has 0 atom stereocenters. The van der Waals surface area contributed by atoms with Crippen molar-refractivity contribution in [3.05, 3.63) is 41.8 Å². The summed E-state index contributed by atoms with van der Waals surface area (Å²) < 4.78 is 0. The second-order valence-corrected chi connectivity index (χ2v) is 8.94. The molecule has 0 amide bonds. The molecule has 0 bridgehead atoms. The van der Waals surface area contributed by atoms with Crippen molar-refractivity contribution in [1.29, 1.82) is 0 Å². The van der Waals surface area contributed by atoms with E-state index in [2.05, 4.69) is 43.0 Å². The number of anilines is 1. The minimum Gasteiger partial charge on any atom is -0.367 e. The van der Waals surface area contributed by atoms with Gasteiger partial charge in [0.2, 0.25) is 0 Å². The number of aromatic amines is 1. The zero-order valence-corrected chi connectivity index (χ0v) is 17.9. The van der Waals surface area contributed by atoms with E-state index in [1.807, 2.05) is 18.3 Å².